The Hall–Kier alpha value is -0.970. The molecular formula is C14H21FN2O. The SMILES string of the molecule is CN(CCc1ccccc1F)CC1(CN)COC1. The minimum Gasteiger partial charge on any atom is -0.380 e. The summed E-state index contributed by atoms with van der Waals surface area (Å²) in [7, 11) is 2.05. The van der Waals surface area contributed by atoms with Crippen molar-refractivity contribution in [2.24, 2.45) is 11.1 Å². The zero-order valence-corrected chi connectivity index (χ0v) is 10.9. The fourth-order valence-corrected chi connectivity index (χ4v) is 2.33. The van der Waals surface area contributed by atoms with Gasteiger partial charge in [-0.3, -0.25) is 0 Å². The van der Waals surface area contributed by atoms with Crippen molar-refractivity contribution in [1.82, 2.24) is 4.90 Å². The van der Waals surface area contributed by atoms with Crippen LogP contribution in [0.4, 0.5) is 4.39 Å². The third-order valence-electron chi connectivity index (χ3n) is 3.58. The molecule has 1 aliphatic rings. The van der Waals surface area contributed by atoms with Gasteiger partial charge in [-0.25, -0.2) is 4.39 Å². The first-order valence-electron chi connectivity index (χ1n) is 6.35. The number of rotatable bonds is 6. The lowest BCUT2D eigenvalue weighted by Crippen LogP contribution is -2.54. The van der Waals surface area contributed by atoms with E-state index in [1.165, 1.54) is 6.07 Å². The van der Waals surface area contributed by atoms with E-state index >= 15 is 0 Å². The molecule has 18 heavy (non-hydrogen) atoms. The summed E-state index contributed by atoms with van der Waals surface area (Å²) in [6, 6.07) is 6.95. The van der Waals surface area contributed by atoms with Gasteiger partial charge in [0.1, 0.15) is 5.82 Å². The summed E-state index contributed by atoms with van der Waals surface area (Å²) in [5.74, 6) is -0.119. The Labute approximate surface area is 108 Å². The number of likely N-dealkylation sites (N-methyl/N-ethyl adjacent to an activating group) is 1. The van der Waals surface area contributed by atoms with E-state index in [-0.39, 0.29) is 11.2 Å². The van der Waals surface area contributed by atoms with Gasteiger partial charge in [0.15, 0.2) is 0 Å². The lowest BCUT2D eigenvalue weighted by atomic mass is 9.85. The molecule has 0 radical (unpaired) electrons. The monoisotopic (exact) mass is 252 g/mol. The van der Waals surface area contributed by atoms with Crippen LogP contribution in [0, 0.1) is 11.2 Å². The van der Waals surface area contributed by atoms with Crippen molar-refractivity contribution in [3.8, 4) is 0 Å². The van der Waals surface area contributed by atoms with E-state index < -0.39 is 0 Å². The van der Waals surface area contributed by atoms with Crippen LogP contribution < -0.4 is 5.73 Å². The molecule has 0 aromatic heterocycles. The standard InChI is InChI=1S/C14H21FN2O/c1-17(9-14(8-16)10-18-11-14)7-6-12-4-2-3-5-13(12)15/h2-5H,6-11,16H2,1H3. The van der Waals surface area contributed by atoms with Crippen LogP contribution in [0.15, 0.2) is 24.3 Å². The average Bonchev–Trinajstić information content (AvgIpc) is 2.33. The molecule has 0 amide bonds. The Morgan fingerprint density at radius 2 is 2.11 bits per heavy atom. The summed E-state index contributed by atoms with van der Waals surface area (Å²) in [5, 5.41) is 0. The van der Waals surface area contributed by atoms with Crippen molar-refractivity contribution in [3.05, 3.63) is 35.6 Å². The summed E-state index contributed by atoms with van der Waals surface area (Å²) in [5.41, 5.74) is 6.67. The second kappa shape index (κ2) is 5.78. The highest BCUT2D eigenvalue weighted by Crippen LogP contribution is 2.26. The average molecular weight is 252 g/mol. The summed E-state index contributed by atoms with van der Waals surface area (Å²) < 4.78 is 18.7. The highest BCUT2D eigenvalue weighted by Gasteiger charge is 2.37. The summed E-state index contributed by atoms with van der Waals surface area (Å²) >= 11 is 0. The van der Waals surface area contributed by atoms with Gasteiger partial charge in [0.2, 0.25) is 0 Å². The van der Waals surface area contributed by atoms with E-state index in [1.807, 2.05) is 12.1 Å². The second-order valence-electron chi connectivity index (χ2n) is 5.28. The van der Waals surface area contributed by atoms with Crippen molar-refractivity contribution in [3.63, 3.8) is 0 Å². The van der Waals surface area contributed by atoms with Crippen LogP contribution in [0.25, 0.3) is 0 Å². The zero-order valence-electron chi connectivity index (χ0n) is 10.9. The van der Waals surface area contributed by atoms with Gasteiger partial charge in [0, 0.05) is 25.0 Å². The molecule has 1 fully saturated rings. The summed E-state index contributed by atoms with van der Waals surface area (Å²) in [6.45, 7) is 3.89. The first-order valence-corrected chi connectivity index (χ1v) is 6.35. The molecular weight excluding hydrogens is 231 g/mol. The van der Waals surface area contributed by atoms with E-state index in [9.17, 15) is 4.39 Å². The number of hydrogen-bond donors (Lipinski definition) is 1. The molecule has 1 aromatic carbocycles. The lowest BCUT2D eigenvalue weighted by Gasteiger charge is -2.43. The topological polar surface area (TPSA) is 38.5 Å². The molecule has 0 bridgehead atoms. The lowest BCUT2D eigenvalue weighted by molar-refractivity contribution is -0.117. The van der Waals surface area contributed by atoms with Crippen molar-refractivity contribution in [2.75, 3.05) is 39.9 Å². The number of halogens is 1. The maximum absolute atomic E-state index is 13.5. The van der Waals surface area contributed by atoms with E-state index in [0.717, 1.165) is 38.3 Å². The Morgan fingerprint density at radius 1 is 1.39 bits per heavy atom. The van der Waals surface area contributed by atoms with E-state index in [2.05, 4.69) is 11.9 Å². The molecule has 1 aliphatic heterocycles. The summed E-state index contributed by atoms with van der Waals surface area (Å²) in [6.07, 6.45) is 0.727. The first kappa shape index (κ1) is 13.5. The fourth-order valence-electron chi connectivity index (χ4n) is 2.33. The van der Waals surface area contributed by atoms with Gasteiger partial charge in [-0.05, 0) is 25.1 Å². The highest BCUT2D eigenvalue weighted by molar-refractivity contribution is 5.17. The predicted octanol–water partition coefficient (Wildman–Crippen LogP) is 1.28. The molecule has 1 saturated heterocycles. The Morgan fingerprint density at radius 3 is 2.67 bits per heavy atom. The maximum atomic E-state index is 13.5. The molecule has 0 aliphatic carbocycles. The second-order valence-corrected chi connectivity index (χ2v) is 5.28. The van der Waals surface area contributed by atoms with Crippen LogP contribution in [0.5, 0.6) is 0 Å². The molecule has 1 heterocycles. The largest absolute Gasteiger partial charge is 0.380 e. The van der Waals surface area contributed by atoms with Crippen molar-refractivity contribution in [2.45, 2.75) is 6.42 Å². The van der Waals surface area contributed by atoms with Crippen LogP contribution in [-0.2, 0) is 11.2 Å². The minimum absolute atomic E-state index is 0.115. The van der Waals surface area contributed by atoms with Crippen molar-refractivity contribution < 1.29 is 9.13 Å². The summed E-state index contributed by atoms with van der Waals surface area (Å²) in [4.78, 5) is 2.21. The molecule has 0 unspecified atom stereocenters. The number of ether oxygens (including phenoxy) is 1. The molecule has 1 aromatic rings. The van der Waals surface area contributed by atoms with Gasteiger partial charge >= 0.3 is 0 Å². The van der Waals surface area contributed by atoms with Gasteiger partial charge < -0.3 is 15.4 Å². The van der Waals surface area contributed by atoms with E-state index in [0.29, 0.717) is 6.54 Å². The number of benzene rings is 1. The minimum atomic E-state index is -0.119. The van der Waals surface area contributed by atoms with Gasteiger partial charge in [-0.1, -0.05) is 18.2 Å². The quantitative estimate of drug-likeness (QED) is 0.829. The fraction of sp³-hybridized carbons (Fsp3) is 0.571. The van der Waals surface area contributed by atoms with Gasteiger partial charge in [0.25, 0.3) is 0 Å². The molecule has 4 heteroatoms. The normalized spacial score (nSPS) is 17.8. The van der Waals surface area contributed by atoms with E-state index in [1.54, 1.807) is 6.07 Å². The van der Waals surface area contributed by atoms with Crippen LogP contribution >= 0.6 is 0 Å². The Balaban J connectivity index is 1.81. The first-order chi connectivity index (χ1) is 8.65. The van der Waals surface area contributed by atoms with E-state index in [4.69, 9.17) is 10.5 Å². The van der Waals surface area contributed by atoms with Crippen LogP contribution in [-0.4, -0.2) is 44.8 Å². The van der Waals surface area contributed by atoms with Gasteiger partial charge in [-0.15, -0.1) is 0 Å². The Bertz CT molecular complexity index is 388. The molecule has 2 rings (SSSR count). The van der Waals surface area contributed by atoms with Gasteiger partial charge in [0.05, 0.1) is 13.2 Å². The van der Waals surface area contributed by atoms with Crippen LogP contribution in [0.3, 0.4) is 0 Å². The number of hydrogen-bond acceptors (Lipinski definition) is 3. The third-order valence-corrected chi connectivity index (χ3v) is 3.58. The van der Waals surface area contributed by atoms with Crippen LogP contribution in [0.1, 0.15) is 5.56 Å². The third kappa shape index (κ3) is 3.07. The highest BCUT2D eigenvalue weighted by atomic mass is 19.1. The van der Waals surface area contributed by atoms with Gasteiger partial charge in [-0.2, -0.15) is 0 Å². The number of nitrogens with two attached hydrogens (primary N) is 1. The molecule has 100 valence electrons. The van der Waals surface area contributed by atoms with Crippen molar-refractivity contribution in [1.29, 1.82) is 0 Å². The molecule has 2 N–H and O–H groups in total. The zero-order chi connectivity index (χ0) is 13.0. The predicted molar refractivity (Wildman–Crippen MR) is 69.9 cm³/mol. The smallest absolute Gasteiger partial charge is 0.126 e. The Kier molecular flexibility index (Phi) is 4.32. The van der Waals surface area contributed by atoms with Crippen LogP contribution in [0.2, 0.25) is 0 Å². The molecule has 0 atom stereocenters. The maximum Gasteiger partial charge on any atom is 0.126 e. The molecule has 0 spiro atoms. The van der Waals surface area contributed by atoms with Crippen molar-refractivity contribution >= 4 is 0 Å². The molecule has 0 saturated carbocycles. The number of nitrogens with zero attached hydrogens (tertiary/aromatic N) is 1. The molecule has 3 nitrogen and oxygen atoms in total.